The van der Waals surface area contributed by atoms with Crippen molar-refractivity contribution in [3.05, 3.63) is 0 Å². The third-order valence-electron chi connectivity index (χ3n) is 2.01. The van der Waals surface area contributed by atoms with Gasteiger partial charge < -0.3 is 0 Å². The second kappa shape index (κ2) is 5.46. The summed E-state index contributed by atoms with van der Waals surface area (Å²) in [6, 6.07) is 0. The summed E-state index contributed by atoms with van der Waals surface area (Å²) in [5, 5.41) is 0.198. The van der Waals surface area contributed by atoms with Crippen LogP contribution >= 0.6 is 0 Å². The Morgan fingerprint density at radius 1 is 1.33 bits per heavy atom. The number of carbonyl (C=O) groups is 1. The van der Waals surface area contributed by atoms with E-state index in [1.165, 1.54) is 6.92 Å². The molecule has 0 aliphatic rings. The highest BCUT2D eigenvalue weighted by molar-refractivity contribution is 7.85. The van der Waals surface area contributed by atoms with Gasteiger partial charge in [0.15, 0.2) is 0 Å². The summed E-state index contributed by atoms with van der Waals surface area (Å²) in [5.41, 5.74) is 0. The molecule has 0 N–H and O–H groups in total. The first-order valence-corrected chi connectivity index (χ1v) is 5.70. The average molecular weight is 190 g/mol. The molecule has 2 unspecified atom stereocenters. The van der Waals surface area contributed by atoms with Gasteiger partial charge in [-0.05, 0) is 12.8 Å². The fraction of sp³-hybridized carbons (Fsp3) is 0.889. The van der Waals surface area contributed by atoms with Crippen molar-refractivity contribution in [2.75, 3.05) is 5.75 Å². The monoisotopic (exact) mass is 190 g/mol. The largest absolute Gasteiger partial charge is 0.300 e. The van der Waals surface area contributed by atoms with Crippen LogP contribution in [0, 0.1) is 5.92 Å². The summed E-state index contributed by atoms with van der Waals surface area (Å²) in [7, 11) is -0.836. The van der Waals surface area contributed by atoms with Gasteiger partial charge in [0.1, 0.15) is 5.78 Å². The van der Waals surface area contributed by atoms with E-state index in [0.29, 0.717) is 18.1 Å². The van der Waals surface area contributed by atoms with Crippen LogP contribution < -0.4 is 0 Å². The molecule has 0 saturated carbocycles. The lowest BCUT2D eigenvalue weighted by atomic mass is 10.2. The Morgan fingerprint density at radius 3 is 2.17 bits per heavy atom. The lowest BCUT2D eigenvalue weighted by Gasteiger charge is -2.14. The molecule has 72 valence electrons. The van der Waals surface area contributed by atoms with E-state index >= 15 is 0 Å². The molecule has 0 radical (unpaired) electrons. The fourth-order valence-electron chi connectivity index (χ4n) is 0.734. The molecule has 0 aliphatic carbocycles. The van der Waals surface area contributed by atoms with Crippen molar-refractivity contribution < 1.29 is 9.00 Å². The minimum Gasteiger partial charge on any atom is -0.300 e. The molecule has 0 saturated heterocycles. The number of ketones is 1. The molecule has 0 aromatic rings. The van der Waals surface area contributed by atoms with Crippen molar-refractivity contribution in [2.24, 2.45) is 5.92 Å². The van der Waals surface area contributed by atoms with Gasteiger partial charge in [0.25, 0.3) is 0 Å². The zero-order chi connectivity index (χ0) is 9.72. The van der Waals surface area contributed by atoms with E-state index in [9.17, 15) is 9.00 Å². The third kappa shape index (κ3) is 4.65. The van der Waals surface area contributed by atoms with Gasteiger partial charge in [0.05, 0.1) is 0 Å². The molecular formula is C9H18O2S. The van der Waals surface area contributed by atoms with Crippen LogP contribution in [0.3, 0.4) is 0 Å². The van der Waals surface area contributed by atoms with E-state index in [1.807, 2.05) is 6.92 Å². The minimum atomic E-state index is -0.836. The van der Waals surface area contributed by atoms with E-state index < -0.39 is 10.8 Å². The van der Waals surface area contributed by atoms with Crippen LogP contribution in [0.1, 0.15) is 34.1 Å². The van der Waals surface area contributed by atoms with E-state index in [-0.39, 0.29) is 11.0 Å². The van der Waals surface area contributed by atoms with E-state index in [0.717, 1.165) is 0 Å². The van der Waals surface area contributed by atoms with Crippen LogP contribution in [0.4, 0.5) is 0 Å². The highest BCUT2D eigenvalue weighted by atomic mass is 32.2. The third-order valence-corrected chi connectivity index (χ3v) is 3.99. The highest BCUT2D eigenvalue weighted by Crippen LogP contribution is 2.09. The van der Waals surface area contributed by atoms with E-state index in [2.05, 4.69) is 13.8 Å². The fourth-order valence-corrected chi connectivity index (χ4v) is 2.20. The van der Waals surface area contributed by atoms with Crippen molar-refractivity contribution in [1.29, 1.82) is 0 Å². The van der Waals surface area contributed by atoms with Crippen LogP contribution in [0.15, 0.2) is 0 Å². The van der Waals surface area contributed by atoms with Gasteiger partial charge in [-0.3, -0.25) is 9.00 Å². The molecule has 0 fully saturated rings. The number of rotatable bonds is 5. The Labute approximate surface area is 77.2 Å². The molecule has 2 atom stereocenters. The van der Waals surface area contributed by atoms with Crippen molar-refractivity contribution in [3.63, 3.8) is 0 Å². The summed E-state index contributed by atoms with van der Waals surface area (Å²) in [6.45, 7) is 7.62. The second-order valence-electron chi connectivity index (χ2n) is 3.49. The van der Waals surface area contributed by atoms with Crippen molar-refractivity contribution in [1.82, 2.24) is 0 Å². The maximum absolute atomic E-state index is 11.4. The number of Topliss-reactive ketones (excluding diaryl/α,β-unsaturated/α-hetero) is 1. The summed E-state index contributed by atoms with van der Waals surface area (Å²) < 4.78 is 11.4. The smallest absolute Gasteiger partial charge is 0.130 e. The lowest BCUT2D eigenvalue weighted by molar-refractivity contribution is -0.116. The molecule has 0 amide bonds. The Morgan fingerprint density at radius 2 is 1.83 bits per heavy atom. The lowest BCUT2D eigenvalue weighted by Crippen LogP contribution is -2.20. The molecule has 0 rings (SSSR count). The zero-order valence-corrected chi connectivity index (χ0v) is 9.11. The molecule has 12 heavy (non-hydrogen) atoms. The predicted molar refractivity (Wildman–Crippen MR) is 52.6 cm³/mol. The Kier molecular flexibility index (Phi) is 5.38. The van der Waals surface area contributed by atoms with Gasteiger partial charge in [0.2, 0.25) is 0 Å². The van der Waals surface area contributed by atoms with Crippen molar-refractivity contribution in [3.8, 4) is 0 Å². The molecule has 0 aromatic carbocycles. The van der Waals surface area contributed by atoms with Gasteiger partial charge in [-0.25, -0.2) is 0 Å². The number of carbonyl (C=O) groups excluding carboxylic acids is 1. The Hall–Kier alpha value is -0.180. The topological polar surface area (TPSA) is 34.1 Å². The van der Waals surface area contributed by atoms with E-state index in [4.69, 9.17) is 0 Å². The first-order valence-electron chi connectivity index (χ1n) is 4.31. The molecular weight excluding hydrogens is 172 g/mol. The standard InChI is InChI=1S/C9H18O2S/c1-7(2)9(4)12(11)6-5-8(3)10/h7,9H,5-6H2,1-4H3. The summed E-state index contributed by atoms with van der Waals surface area (Å²) >= 11 is 0. The first kappa shape index (κ1) is 11.8. The molecule has 0 aromatic heterocycles. The van der Waals surface area contributed by atoms with Crippen LogP contribution in [-0.4, -0.2) is 21.0 Å². The Bertz CT molecular complexity index is 175. The SMILES string of the molecule is CC(=O)CCS(=O)C(C)C(C)C. The molecule has 3 heteroatoms. The molecule has 0 bridgehead atoms. The normalized spacial score (nSPS) is 16.1. The quantitative estimate of drug-likeness (QED) is 0.662. The van der Waals surface area contributed by atoms with Crippen LogP contribution in [0.25, 0.3) is 0 Å². The van der Waals surface area contributed by atoms with Crippen molar-refractivity contribution in [2.45, 2.75) is 39.4 Å². The second-order valence-corrected chi connectivity index (χ2v) is 5.40. The minimum absolute atomic E-state index is 0.124. The van der Waals surface area contributed by atoms with E-state index in [1.54, 1.807) is 0 Å². The van der Waals surface area contributed by atoms with Crippen molar-refractivity contribution >= 4 is 16.6 Å². The maximum atomic E-state index is 11.4. The van der Waals surface area contributed by atoms with Crippen LogP contribution in [0.2, 0.25) is 0 Å². The summed E-state index contributed by atoms with van der Waals surface area (Å²) in [5.74, 6) is 1.08. The van der Waals surface area contributed by atoms with Gasteiger partial charge >= 0.3 is 0 Å². The molecule has 2 nitrogen and oxygen atoms in total. The van der Waals surface area contributed by atoms with Gasteiger partial charge in [0, 0.05) is 28.2 Å². The number of hydrogen-bond donors (Lipinski definition) is 0. The molecule has 0 heterocycles. The van der Waals surface area contributed by atoms with Gasteiger partial charge in [-0.15, -0.1) is 0 Å². The summed E-state index contributed by atoms with van der Waals surface area (Å²) in [6.07, 6.45) is 0.448. The van der Waals surface area contributed by atoms with Gasteiger partial charge in [-0.1, -0.05) is 20.8 Å². The molecule has 0 aliphatic heterocycles. The highest BCUT2D eigenvalue weighted by Gasteiger charge is 2.14. The average Bonchev–Trinajstić information content (AvgIpc) is 1.98. The first-order chi connectivity index (χ1) is 5.45. The number of hydrogen-bond acceptors (Lipinski definition) is 2. The summed E-state index contributed by atoms with van der Waals surface area (Å²) in [4.78, 5) is 10.6. The van der Waals surface area contributed by atoms with Crippen LogP contribution in [0.5, 0.6) is 0 Å². The Balaban J connectivity index is 3.80. The van der Waals surface area contributed by atoms with Crippen LogP contribution in [-0.2, 0) is 15.6 Å². The molecule has 0 spiro atoms. The predicted octanol–water partition coefficient (Wildman–Crippen LogP) is 1.76. The maximum Gasteiger partial charge on any atom is 0.130 e. The van der Waals surface area contributed by atoms with Gasteiger partial charge in [-0.2, -0.15) is 0 Å². The zero-order valence-electron chi connectivity index (χ0n) is 8.29.